The highest BCUT2D eigenvalue weighted by atomic mass is 32.2. The third-order valence-electron chi connectivity index (χ3n) is 3.86. The molecule has 1 aromatic carbocycles. The first kappa shape index (κ1) is 19.0. The molecule has 130 valence electrons. The van der Waals surface area contributed by atoms with E-state index in [2.05, 4.69) is 25.8 Å². The van der Waals surface area contributed by atoms with Gasteiger partial charge in [0.25, 0.3) is 0 Å². The lowest BCUT2D eigenvalue weighted by atomic mass is 9.87. The second-order valence-corrected chi connectivity index (χ2v) is 10.1. The average molecular weight is 364 g/mol. The number of aryl methyl sites for hydroxylation is 1. The van der Waals surface area contributed by atoms with Gasteiger partial charge in [0, 0.05) is 18.1 Å². The largest absolute Gasteiger partial charge is 0.265 e. The van der Waals surface area contributed by atoms with Gasteiger partial charge in [-0.05, 0) is 53.0 Å². The predicted octanol–water partition coefficient (Wildman–Crippen LogP) is 4.13. The monoisotopic (exact) mass is 363 g/mol. The molecule has 0 amide bonds. The van der Waals surface area contributed by atoms with Crippen LogP contribution in [0.5, 0.6) is 0 Å². The van der Waals surface area contributed by atoms with E-state index in [1.807, 2.05) is 24.3 Å². The number of hydrogen-bond donors (Lipinski definition) is 0. The predicted molar refractivity (Wildman–Crippen MR) is 102 cm³/mol. The first-order valence-corrected chi connectivity index (χ1v) is 10.9. The van der Waals surface area contributed by atoms with Crippen molar-refractivity contribution in [3.63, 3.8) is 0 Å². The van der Waals surface area contributed by atoms with Crippen LogP contribution in [0.25, 0.3) is 0 Å². The van der Waals surface area contributed by atoms with Crippen molar-refractivity contribution in [1.29, 1.82) is 0 Å². The molecule has 1 heterocycles. The Bertz CT molecular complexity index is 733. The fourth-order valence-electron chi connectivity index (χ4n) is 2.29. The van der Waals surface area contributed by atoms with E-state index in [0.29, 0.717) is 10.6 Å². The van der Waals surface area contributed by atoms with E-state index in [-0.39, 0.29) is 11.2 Å². The lowest BCUT2D eigenvalue weighted by Gasteiger charge is -2.19. The maximum atomic E-state index is 12.4. The molecule has 1 aromatic heterocycles. The van der Waals surface area contributed by atoms with E-state index >= 15 is 0 Å². The third kappa shape index (κ3) is 5.64. The zero-order valence-corrected chi connectivity index (χ0v) is 16.2. The van der Waals surface area contributed by atoms with Crippen LogP contribution in [0.2, 0.25) is 0 Å². The van der Waals surface area contributed by atoms with Gasteiger partial charge >= 0.3 is 0 Å². The van der Waals surface area contributed by atoms with E-state index in [1.165, 1.54) is 5.56 Å². The number of nitrogens with zero attached hydrogens (tertiary/aromatic N) is 1. The van der Waals surface area contributed by atoms with Crippen LogP contribution in [0.15, 0.2) is 53.7 Å². The molecule has 0 saturated heterocycles. The number of rotatable bonds is 7. The Hall–Kier alpha value is -1.33. The van der Waals surface area contributed by atoms with Crippen molar-refractivity contribution >= 4 is 21.6 Å². The lowest BCUT2D eigenvalue weighted by Crippen LogP contribution is -2.13. The number of aromatic nitrogens is 1. The highest BCUT2D eigenvalue weighted by Gasteiger charge is 2.17. The summed E-state index contributed by atoms with van der Waals surface area (Å²) in [4.78, 5) is 4.41. The molecular formula is C19H25NO2S2. The van der Waals surface area contributed by atoms with E-state index in [0.717, 1.165) is 17.7 Å². The molecule has 5 heteroatoms. The standard InChI is InChI=1S/C19H25NO2S2/c1-19(2,3)17-4-6-18(7-5-17)24(21,22)15-14-23-13-10-16-8-11-20-12-9-16/h4-9,11-12H,10,13-15H2,1-3H3. The lowest BCUT2D eigenvalue weighted by molar-refractivity contribution is 0.586. The van der Waals surface area contributed by atoms with Crippen LogP contribution in [0, 0.1) is 0 Å². The van der Waals surface area contributed by atoms with Crippen LogP contribution in [0.3, 0.4) is 0 Å². The zero-order chi connectivity index (χ0) is 17.6. The van der Waals surface area contributed by atoms with Crippen LogP contribution in [-0.2, 0) is 21.7 Å². The van der Waals surface area contributed by atoms with Gasteiger partial charge in [-0.3, -0.25) is 4.98 Å². The van der Waals surface area contributed by atoms with Crippen molar-refractivity contribution in [2.75, 3.05) is 17.3 Å². The average Bonchev–Trinajstić information content (AvgIpc) is 2.55. The highest BCUT2D eigenvalue weighted by molar-refractivity contribution is 8.00. The minimum Gasteiger partial charge on any atom is -0.265 e. The summed E-state index contributed by atoms with van der Waals surface area (Å²) in [7, 11) is -3.20. The van der Waals surface area contributed by atoms with Crippen molar-refractivity contribution in [3.05, 3.63) is 59.9 Å². The molecule has 0 N–H and O–H groups in total. The van der Waals surface area contributed by atoms with Gasteiger partial charge in [-0.1, -0.05) is 32.9 Å². The normalized spacial score (nSPS) is 12.3. The van der Waals surface area contributed by atoms with E-state index < -0.39 is 9.84 Å². The molecule has 2 rings (SSSR count). The molecule has 3 nitrogen and oxygen atoms in total. The number of sulfone groups is 1. The summed E-state index contributed by atoms with van der Waals surface area (Å²) in [6, 6.07) is 11.3. The molecule has 0 atom stereocenters. The Morgan fingerprint density at radius 2 is 1.58 bits per heavy atom. The molecule has 0 bridgehead atoms. The van der Waals surface area contributed by atoms with Gasteiger partial charge in [-0.25, -0.2) is 8.42 Å². The minimum atomic E-state index is -3.20. The number of pyridine rings is 1. The second-order valence-electron chi connectivity index (χ2n) is 6.81. The van der Waals surface area contributed by atoms with E-state index in [1.54, 1.807) is 36.3 Å². The Morgan fingerprint density at radius 1 is 0.958 bits per heavy atom. The molecule has 0 unspecified atom stereocenters. The van der Waals surface area contributed by atoms with E-state index in [4.69, 9.17) is 0 Å². The molecular weight excluding hydrogens is 338 g/mol. The Labute approximate surface area is 149 Å². The van der Waals surface area contributed by atoms with Crippen molar-refractivity contribution in [2.45, 2.75) is 37.5 Å². The van der Waals surface area contributed by atoms with Crippen LogP contribution in [0.4, 0.5) is 0 Å². The Morgan fingerprint density at radius 3 is 2.17 bits per heavy atom. The van der Waals surface area contributed by atoms with Crippen LogP contribution in [0.1, 0.15) is 31.9 Å². The highest BCUT2D eigenvalue weighted by Crippen LogP contribution is 2.24. The summed E-state index contributed by atoms with van der Waals surface area (Å²) >= 11 is 1.68. The number of hydrogen-bond acceptors (Lipinski definition) is 4. The summed E-state index contributed by atoms with van der Waals surface area (Å²) in [5, 5.41) is 0. The van der Waals surface area contributed by atoms with Crippen LogP contribution in [-0.4, -0.2) is 30.7 Å². The second kappa shape index (κ2) is 8.17. The van der Waals surface area contributed by atoms with Crippen molar-refractivity contribution < 1.29 is 8.42 Å². The first-order chi connectivity index (χ1) is 11.3. The fourth-order valence-corrected chi connectivity index (χ4v) is 5.01. The van der Waals surface area contributed by atoms with Crippen LogP contribution >= 0.6 is 11.8 Å². The van der Waals surface area contributed by atoms with Crippen molar-refractivity contribution in [1.82, 2.24) is 4.98 Å². The minimum absolute atomic E-state index is 0.0328. The summed E-state index contributed by atoms with van der Waals surface area (Å²) < 4.78 is 24.8. The van der Waals surface area contributed by atoms with Gasteiger partial charge in [0.2, 0.25) is 0 Å². The summed E-state index contributed by atoms with van der Waals surface area (Å²) in [6.07, 6.45) is 4.50. The fraction of sp³-hybridized carbons (Fsp3) is 0.421. The van der Waals surface area contributed by atoms with Gasteiger partial charge in [-0.15, -0.1) is 0 Å². The zero-order valence-electron chi connectivity index (χ0n) is 14.5. The smallest absolute Gasteiger partial charge is 0.179 e. The summed E-state index contributed by atoms with van der Waals surface area (Å²) in [5.74, 6) is 1.72. The molecule has 2 aromatic rings. The van der Waals surface area contributed by atoms with Gasteiger partial charge in [0.1, 0.15) is 0 Å². The SMILES string of the molecule is CC(C)(C)c1ccc(S(=O)(=O)CCSCCc2ccncc2)cc1. The molecule has 0 aliphatic rings. The topological polar surface area (TPSA) is 47.0 Å². The quantitative estimate of drug-likeness (QED) is 0.694. The van der Waals surface area contributed by atoms with Gasteiger partial charge in [0.05, 0.1) is 10.6 Å². The number of benzene rings is 1. The molecule has 0 saturated carbocycles. The number of thioether (sulfide) groups is 1. The molecule has 0 radical (unpaired) electrons. The summed E-state index contributed by atoms with van der Waals surface area (Å²) in [5.41, 5.74) is 2.41. The summed E-state index contributed by atoms with van der Waals surface area (Å²) in [6.45, 7) is 6.36. The first-order valence-electron chi connectivity index (χ1n) is 8.09. The Kier molecular flexibility index (Phi) is 6.47. The van der Waals surface area contributed by atoms with Gasteiger partial charge < -0.3 is 0 Å². The van der Waals surface area contributed by atoms with Gasteiger partial charge in [-0.2, -0.15) is 11.8 Å². The van der Waals surface area contributed by atoms with Gasteiger partial charge in [0.15, 0.2) is 9.84 Å². The Balaban J connectivity index is 1.83. The van der Waals surface area contributed by atoms with Crippen LogP contribution < -0.4 is 0 Å². The maximum absolute atomic E-state index is 12.4. The van der Waals surface area contributed by atoms with Crippen molar-refractivity contribution in [3.8, 4) is 0 Å². The molecule has 0 aliphatic heterocycles. The van der Waals surface area contributed by atoms with Crippen molar-refractivity contribution in [2.24, 2.45) is 0 Å². The molecule has 0 aliphatic carbocycles. The third-order valence-corrected chi connectivity index (χ3v) is 6.84. The molecule has 0 spiro atoms. The maximum Gasteiger partial charge on any atom is 0.179 e. The molecule has 0 fully saturated rings. The molecule has 24 heavy (non-hydrogen) atoms. The van der Waals surface area contributed by atoms with E-state index in [9.17, 15) is 8.42 Å².